The second-order valence-electron chi connectivity index (χ2n) is 7.00. The zero-order valence-electron chi connectivity index (χ0n) is 16.5. The van der Waals surface area contributed by atoms with Crippen molar-refractivity contribution in [3.05, 3.63) is 54.1 Å². The van der Waals surface area contributed by atoms with Crippen molar-refractivity contribution in [3.8, 4) is 11.5 Å². The molecule has 0 bridgehead atoms. The third-order valence-electron chi connectivity index (χ3n) is 4.71. The Kier molecular flexibility index (Phi) is 7.73. The van der Waals surface area contributed by atoms with Crippen LogP contribution >= 0.6 is 0 Å². The fourth-order valence-corrected chi connectivity index (χ4v) is 3.05. The van der Waals surface area contributed by atoms with E-state index in [0.29, 0.717) is 18.8 Å². The third-order valence-corrected chi connectivity index (χ3v) is 4.71. The van der Waals surface area contributed by atoms with Gasteiger partial charge in [0.2, 0.25) is 0 Å². The molecule has 3 rings (SSSR count). The van der Waals surface area contributed by atoms with E-state index in [1.165, 1.54) is 12.8 Å². The minimum Gasteiger partial charge on any atom is -0.494 e. The third kappa shape index (κ3) is 6.27. The van der Waals surface area contributed by atoms with Crippen LogP contribution in [0.1, 0.15) is 49.4 Å². The minimum absolute atomic E-state index is 0.148. The first kappa shape index (κ1) is 20.2. The van der Waals surface area contributed by atoms with Crippen LogP contribution in [0.25, 0.3) is 0 Å². The Morgan fingerprint density at radius 3 is 2.43 bits per heavy atom. The summed E-state index contributed by atoms with van der Waals surface area (Å²) in [5, 5.41) is 2.90. The lowest BCUT2D eigenvalue weighted by Crippen LogP contribution is -2.16. The number of anilines is 1. The first-order chi connectivity index (χ1) is 13.7. The van der Waals surface area contributed by atoms with Gasteiger partial charge in [0.25, 0.3) is 5.91 Å². The van der Waals surface area contributed by atoms with Gasteiger partial charge in [-0.2, -0.15) is 0 Å². The summed E-state index contributed by atoms with van der Waals surface area (Å²) in [6, 6.07) is 14.6. The van der Waals surface area contributed by atoms with Crippen LogP contribution in [-0.4, -0.2) is 31.8 Å². The normalized spacial score (nSPS) is 16.0. The maximum Gasteiger partial charge on any atom is 0.255 e. The number of ether oxygens (including phenoxy) is 3. The van der Waals surface area contributed by atoms with Gasteiger partial charge in [-0.1, -0.05) is 19.8 Å². The molecule has 2 aromatic rings. The molecule has 1 aliphatic rings. The highest BCUT2D eigenvalue weighted by molar-refractivity contribution is 6.04. The summed E-state index contributed by atoms with van der Waals surface area (Å²) in [5.74, 6) is 1.42. The predicted molar refractivity (Wildman–Crippen MR) is 110 cm³/mol. The molecule has 1 atom stereocenters. The fourth-order valence-electron chi connectivity index (χ4n) is 3.05. The number of carbonyl (C=O) groups excluding carboxylic acids is 1. The van der Waals surface area contributed by atoms with Crippen molar-refractivity contribution in [1.29, 1.82) is 0 Å². The number of unbranched alkanes of at least 4 members (excludes halogenated alkanes) is 2. The standard InChI is InChI=1S/C23H29NO4/c1-2-3-4-15-26-20-11-7-18(8-12-20)23(25)24-19-9-13-21(14-10-19)28-17-22-6-5-16-27-22/h7-14,22H,2-6,15-17H2,1H3,(H,24,25)/t22-/m1/s1. The molecule has 1 saturated heterocycles. The number of nitrogens with one attached hydrogen (secondary N) is 1. The first-order valence-electron chi connectivity index (χ1n) is 10.1. The number of benzene rings is 2. The topological polar surface area (TPSA) is 56.8 Å². The fraction of sp³-hybridized carbons (Fsp3) is 0.435. The molecule has 1 N–H and O–H groups in total. The van der Waals surface area contributed by atoms with Gasteiger partial charge in [0.05, 0.1) is 12.7 Å². The highest BCUT2D eigenvalue weighted by Crippen LogP contribution is 2.19. The Bertz CT molecular complexity index is 721. The predicted octanol–water partition coefficient (Wildman–Crippen LogP) is 5.07. The van der Waals surface area contributed by atoms with Gasteiger partial charge in [0.1, 0.15) is 18.1 Å². The molecule has 0 aromatic heterocycles. The van der Waals surface area contributed by atoms with E-state index in [0.717, 1.165) is 43.1 Å². The van der Waals surface area contributed by atoms with Crippen LogP contribution < -0.4 is 14.8 Å². The smallest absolute Gasteiger partial charge is 0.255 e. The van der Waals surface area contributed by atoms with Crippen LogP contribution in [0.2, 0.25) is 0 Å². The molecule has 1 aliphatic heterocycles. The van der Waals surface area contributed by atoms with Crippen molar-refractivity contribution >= 4 is 11.6 Å². The van der Waals surface area contributed by atoms with Gasteiger partial charge in [-0.15, -0.1) is 0 Å². The molecular formula is C23H29NO4. The number of hydrogen-bond acceptors (Lipinski definition) is 4. The van der Waals surface area contributed by atoms with Crippen molar-refractivity contribution in [2.45, 2.75) is 45.1 Å². The highest BCUT2D eigenvalue weighted by Gasteiger charge is 2.16. The molecular weight excluding hydrogens is 354 g/mol. The molecule has 0 aliphatic carbocycles. The number of amides is 1. The van der Waals surface area contributed by atoms with E-state index in [9.17, 15) is 4.79 Å². The summed E-state index contributed by atoms with van der Waals surface area (Å²) in [4.78, 5) is 12.4. The molecule has 150 valence electrons. The Labute approximate surface area is 167 Å². The molecule has 0 radical (unpaired) electrons. The van der Waals surface area contributed by atoms with Gasteiger partial charge < -0.3 is 19.5 Å². The van der Waals surface area contributed by atoms with E-state index < -0.39 is 0 Å². The average molecular weight is 383 g/mol. The molecule has 0 spiro atoms. The Hall–Kier alpha value is -2.53. The maximum absolute atomic E-state index is 12.4. The van der Waals surface area contributed by atoms with E-state index >= 15 is 0 Å². The van der Waals surface area contributed by atoms with Crippen molar-refractivity contribution in [2.75, 3.05) is 25.1 Å². The van der Waals surface area contributed by atoms with E-state index in [4.69, 9.17) is 14.2 Å². The van der Waals surface area contributed by atoms with Crippen molar-refractivity contribution in [3.63, 3.8) is 0 Å². The quantitative estimate of drug-likeness (QED) is 0.582. The first-order valence-corrected chi connectivity index (χ1v) is 10.1. The van der Waals surface area contributed by atoms with Crippen LogP contribution in [0.5, 0.6) is 11.5 Å². The largest absolute Gasteiger partial charge is 0.494 e. The van der Waals surface area contributed by atoms with Crippen LogP contribution in [0.4, 0.5) is 5.69 Å². The Balaban J connectivity index is 1.45. The summed E-state index contributed by atoms with van der Waals surface area (Å²) < 4.78 is 17.0. The number of rotatable bonds is 10. The van der Waals surface area contributed by atoms with Gasteiger partial charge in [0.15, 0.2) is 0 Å². The molecule has 5 nitrogen and oxygen atoms in total. The van der Waals surface area contributed by atoms with E-state index in [1.807, 2.05) is 36.4 Å². The van der Waals surface area contributed by atoms with E-state index in [1.54, 1.807) is 12.1 Å². The van der Waals surface area contributed by atoms with Crippen molar-refractivity contribution in [1.82, 2.24) is 0 Å². The lowest BCUT2D eigenvalue weighted by atomic mass is 10.2. The van der Waals surface area contributed by atoms with Gasteiger partial charge >= 0.3 is 0 Å². The monoisotopic (exact) mass is 383 g/mol. The summed E-state index contributed by atoms with van der Waals surface area (Å²) in [5.41, 5.74) is 1.33. The summed E-state index contributed by atoms with van der Waals surface area (Å²) >= 11 is 0. The summed E-state index contributed by atoms with van der Waals surface area (Å²) in [6.07, 6.45) is 5.73. The zero-order chi connectivity index (χ0) is 19.6. The number of hydrogen-bond donors (Lipinski definition) is 1. The van der Waals surface area contributed by atoms with Crippen LogP contribution in [0.3, 0.4) is 0 Å². The van der Waals surface area contributed by atoms with Crippen molar-refractivity contribution in [2.24, 2.45) is 0 Å². The molecule has 5 heteroatoms. The lowest BCUT2D eigenvalue weighted by Gasteiger charge is -2.12. The van der Waals surface area contributed by atoms with E-state index in [2.05, 4.69) is 12.2 Å². The Morgan fingerprint density at radius 1 is 1.04 bits per heavy atom. The molecule has 0 saturated carbocycles. The minimum atomic E-state index is -0.148. The molecule has 2 aromatic carbocycles. The SMILES string of the molecule is CCCCCOc1ccc(C(=O)Nc2ccc(OC[C@H]3CCCO3)cc2)cc1. The van der Waals surface area contributed by atoms with Crippen LogP contribution in [0, 0.1) is 0 Å². The maximum atomic E-state index is 12.4. The Morgan fingerprint density at radius 2 is 1.75 bits per heavy atom. The number of carbonyl (C=O) groups is 1. The lowest BCUT2D eigenvalue weighted by molar-refractivity contribution is 0.0679. The molecule has 1 fully saturated rings. The van der Waals surface area contributed by atoms with Crippen LogP contribution in [0.15, 0.2) is 48.5 Å². The summed E-state index contributed by atoms with van der Waals surface area (Å²) in [7, 11) is 0. The molecule has 1 heterocycles. The highest BCUT2D eigenvalue weighted by atomic mass is 16.5. The second kappa shape index (κ2) is 10.7. The summed E-state index contributed by atoms with van der Waals surface area (Å²) in [6.45, 7) is 4.27. The molecule has 1 amide bonds. The average Bonchev–Trinajstić information content (AvgIpc) is 3.25. The van der Waals surface area contributed by atoms with Gasteiger partial charge in [-0.25, -0.2) is 0 Å². The van der Waals surface area contributed by atoms with E-state index in [-0.39, 0.29) is 12.0 Å². The second-order valence-corrected chi connectivity index (χ2v) is 7.00. The molecule has 0 unspecified atom stereocenters. The van der Waals surface area contributed by atoms with Crippen LogP contribution in [-0.2, 0) is 4.74 Å². The molecule has 28 heavy (non-hydrogen) atoms. The van der Waals surface area contributed by atoms with Gasteiger partial charge in [-0.05, 0) is 67.8 Å². The van der Waals surface area contributed by atoms with Gasteiger partial charge in [0, 0.05) is 17.9 Å². The van der Waals surface area contributed by atoms with Gasteiger partial charge in [-0.3, -0.25) is 4.79 Å². The van der Waals surface area contributed by atoms with Crippen molar-refractivity contribution < 1.29 is 19.0 Å². The zero-order valence-corrected chi connectivity index (χ0v) is 16.5.